The first-order chi connectivity index (χ1) is 11.7. The molecule has 1 aliphatic rings. The van der Waals surface area contributed by atoms with E-state index in [0.29, 0.717) is 29.7 Å². The zero-order valence-corrected chi connectivity index (χ0v) is 14.4. The summed E-state index contributed by atoms with van der Waals surface area (Å²) in [6.45, 7) is 5.82. The molecule has 132 valence electrons. The molecule has 6 heteroatoms. The minimum absolute atomic E-state index is 0.00555. The van der Waals surface area contributed by atoms with Crippen molar-refractivity contribution in [2.45, 2.75) is 39.7 Å². The Balaban J connectivity index is 1.94. The van der Waals surface area contributed by atoms with Crippen LogP contribution in [-0.4, -0.2) is 22.1 Å². The third-order valence-electron chi connectivity index (χ3n) is 4.60. The van der Waals surface area contributed by atoms with Gasteiger partial charge in [-0.2, -0.15) is 0 Å². The predicted molar refractivity (Wildman–Crippen MR) is 91.9 cm³/mol. The number of aliphatic hydroxyl groups excluding tert-OH is 1. The molecule has 1 aromatic heterocycles. The second-order valence-corrected chi connectivity index (χ2v) is 7.26. The Morgan fingerprint density at radius 3 is 2.64 bits per heavy atom. The summed E-state index contributed by atoms with van der Waals surface area (Å²) in [6, 6.07) is 6.18. The highest BCUT2D eigenvalue weighted by Crippen LogP contribution is 2.44. The van der Waals surface area contributed by atoms with Gasteiger partial charge in [-0.25, -0.2) is 4.79 Å². The van der Waals surface area contributed by atoms with Crippen LogP contribution in [-0.2, 0) is 6.42 Å². The Morgan fingerprint density at radius 2 is 1.96 bits per heavy atom. The van der Waals surface area contributed by atoms with Gasteiger partial charge in [0.2, 0.25) is 0 Å². The Labute approximate surface area is 145 Å². The normalized spacial score (nSPS) is 18.5. The molecule has 1 amide bonds. The molecule has 25 heavy (non-hydrogen) atoms. The van der Waals surface area contributed by atoms with Crippen molar-refractivity contribution in [1.82, 2.24) is 0 Å². The maximum Gasteiger partial charge on any atom is 0.337 e. The Bertz CT molecular complexity index is 849. The number of aromatic carboxylic acids is 1. The molecule has 2 aromatic rings. The topological polar surface area (TPSA) is 99.8 Å². The maximum atomic E-state index is 12.6. The van der Waals surface area contributed by atoms with Gasteiger partial charge in [-0.1, -0.05) is 26.0 Å². The molecule has 6 nitrogen and oxygen atoms in total. The van der Waals surface area contributed by atoms with Crippen molar-refractivity contribution < 1.29 is 24.2 Å². The van der Waals surface area contributed by atoms with Crippen molar-refractivity contribution in [3.8, 4) is 0 Å². The molecule has 0 saturated heterocycles. The fourth-order valence-corrected chi connectivity index (χ4v) is 3.46. The molecule has 0 bridgehead atoms. The number of rotatable bonds is 3. The number of carbonyl (C=O) groups is 2. The zero-order chi connectivity index (χ0) is 18.4. The van der Waals surface area contributed by atoms with Crippen molar-refractivity contribution in [1.29, 1.82) is 0 Å². The second-order valence-electron chi connectivity index (χ2n) is 7.26. The van der Waals surface area contributed by atoms with Gasteiger partial charge in [-0.15, -0.1) is 0 Å². The average Bonchev–Trinajstić information content (AvgIpc) is 2.83. The first-order valence-electron chi connectivity index (χ1n) is 8.13. The lowest BCUT2D eigenvalue weighted by atomic mass is 9.75. The Hall–Kier alpha value is -2.60. The number of carboxylic acids is 1. The lowest BCUT2D eigenvalue weighted by Crippen LogP contribution is -2.24. The Morgan fingerprint density at radius 1 is 1.28 bits per heavy atom. The molecule has 3 N–H and O–H groups in total. The third kappa shape index (κ3) is 3.17. The molecule has 0 aliphatic heterocycles. The van der Waals surface area contributed by atoms with Gasteiger partial charge < -0.3 is 19.9 Å². The largest absolute Gasteiger partial charge is 0.478 e. The van der Waals surface area contributed by atoms with E-state index >= 15 is 0 Å². The molecule has 0 fully saturated rings. The van der Waals surface area contributed by atoms with Crippen LogP contribution in [0.4, 0.5) is 5.69 Å². The monoisotopic (exact) mass is 343 g/mol. The molecule has 0 unspecified atom stereocenters. The highest BCUT2D eigenvalue weighted by Gasteiger charge is 2.37. The van der Waals surface area contributed by atoms with Crippen molar-refractivity contribution in [3.05, 3.63) is 52.5 Å². The quantitative estimate of drug-likeness (QED) is 0.791. The van der Waals surface area contributed by atoms with E-state index in [-0.39, 0.29) is 22.4 Å². The number of anilines is 1. The van der Waals surface area contributed by atoms with E-state index in [1.165, 1.54) is 12.1 Å². The third-order valence-corrected chi connectivity index (χ3v) is 4.60. The lowest BCUT2D eigenvalue weighted by molar-refractivity contribution is 0.0697. The standard InChI is InChI=1S/C19H21NO5/c1-10-15-13(21)8-19(2,3)9-14(15)25-16(10)17(22)20-12-7-5-4-6-11(12)18(23)24/h4-7,13,21H,8-9H2,1-3H3,(H,20,22)(H,23,24)/t13-/m1/s1. The van der Waals surface area contributed by atoms with Gasteiger partial charge in [0.15, 0.2) is 5.76 Å². The van der Waals surface area contributed by atoms with Crippen LogP contribution in [0.5, 0.6) is 0 Å². The number of amides is 1. The summed E-state index contributed by atoms with van der Waals surface area (Å²) in [7, 11) is 0. The molecule has 1 aromatic carbocycles. The number of furan rings is 1. The first kappa shape index (κ1) is 17.2. The first-order valence-corrected chi connectivity index (χ1v) is 8.13. The minimum atomic E-state index is -1.12. The molecule has 0 spiro atoms. The number of nitrogens with one attached hydrogen (secondary N) is 1. The van der Waals surface area contributed by atoms with Gasteiger partial charge in [0.1, 0.15) is 5.76 Å². The molecule has 0 saturated carbocycles. The van der Waals surface area contributed by atoms with Crippen LogP contribution in [0.1, 0.15) is 64.2 Å². The number of hydrogen-bond acceptors (Lipinski definition) is 4. The lowest BCUT2D eigenvalue weighted by Gasteiger charge is -2.31. The zero-order valence-electron chi connectivity index (χ0n) is 14.4. The summed E-state index contributed by atoms with van der Waals surface area (Å²) < 4.78 is 5.76. The molecule has 1 aliphatic carbocycles. The van der Waals surface area contributed by atoms with Gasteiger partial charge >= 0.3 is 5.97 Å². The fraction of sp³-hybridized carbons (Fsp3) is 0.368. The average molecular weight is 343 g/mol. The van der Waals surface area contributed by atoms with Crippen molar-refractivity contribution in [3.63, 3.8) is 0 Å². The fourth-order valence-electron chi connectivity index (χ4n) is 3.46. The van der Waals surface area contributed by atoms with E-state index in [1.807, 2.05) is 13.8 Å². The number of carboxylic acid groups (broad SMARTS) is 1. The number of para-hydroxylation sites is 1. The predicted octanol–water partition coefficient (Wildman–Crippen LogP) is 3.54. The van der Waals surface area contributed by atoms with Crippen LogP contribution in [0.25, 0.3) is 0 Å². The summed E-state index contributed by atoms with van der Waals surface area (Å²) in [5.41, 5.74) is 1.38. The number of carbonyl (C=O) groups excluding carboxylic acids is 1. The van der Waals surface area contributed by atoms with Crippen LogP contribution < -0.4 is 5.32 Å². The van der Waals surface area contributed by atoms with Gasteiger partial charge in [0, 0.05) is 17.5 Å². The number of benzene rings is 1. The molecular weight excluding hydrogens is 322 g/mol. The van der Waals surface area contributed by atoms with Crippen LogP contribution in [0.15, 0.2) is 28.7 Å². The summed E-state index contributed by atoms with van der Waals surface area (Å²) >= 11 is 0. The van der Waals surface area contributed by atoms with Crippen LogP contribution in [0, 0.1) is 12.3 Å². The molecule has 1 atom stereocenters. The van der Waals surface area contributed by atoms with Gasteiger partial charge in [0.25, 0.3) is 5.91 Å². The van der Waals surface area contributed by atoms with Crippen LogP contribution in [0.2, 0.25) is 0 Å². The second kappa shape index (κ2) is 6.04. The van der Waals surface area contributed by atoms with E-state index in [2.05, 4.69) is 5.32 Å². The van der Waals surface area contributed by atoms with Crippen LogP contribution >= 0.6 is 0 Å². The van der Waals surface area contributed by atoms with Gasteiger partial charge in [-0.05, 0) is 30.9 Å². The van der Waals surface area contributed by atoms with E-state index < -0.39 is 18.0 Å². The summed E-state index contributed by atoms with van der Waals surface area (Å²) in [5, 5.41) is 22.2. The van der Waals surface area contributed by atoms with Crippen molar-refractivity contribution in [2.75, 3.05) is 5.32 Å². The van der Waals surface area contributed by atoms with Crippen LogP contribution in [0.3, 0.4) is 0 Å². The molecular formula is C19H21NO5. The van der Waals surface area contributed by atoms with E-state index in [1.54, 1.807) is 19.1 Å². The van der Waals surface area contributed by atoms with Gasteiger partial charge in [-0.3, -0.25) is 4.79 Å². The maximum absolute atomic E-state index is 12.6. The van der Waals surface area contributed by atoms with Crippen molar-refractivity contribution in [2.24, 2.45) is 5.41 Å². The van der Waals surface area contributed by atoms with E-state index in [0.717, 1.165) is 0 Å². The molecule has 1 heterocycles. The summed E-state index contributed by atoms with van der Waals surface area (Å²) in [6.07, 6.45) is 0.568. The highest BCUT2D eigenvalue weighted by molar-refractivity contribution is 6.07. The smallest absolute Gasteiger partial charge is 0.337 e. The number of aliphatic hydroxyl groups is 1. The van der Waals surface area contributed by atoms with Crippen molar-refractivity contribution >= 4 is 17.6 Å². The molecule has 3 rings (SSSR count). The van der Waals surface area contributed by atoms with Gasteiger partial charge in [0.05, 0.1) is 17.4 Å². The SMILES string of the molecule is Cc1c(C(=O)Nc2ccccc2C(=O)O)oc2c1[C@H](O)CC(C)(C)C2. The minimum Gasteiger partial charge on any atom is -0.478 e. The number of hydrogen-bond donors (Lipinski definition) is 3. The highest BCUT2D eigenvalue weighted by atomic mass is 16.4. The molecule has 0 radical (unpaired) electrons. The Kier molecular flexibility index (Phi) is 4.16. The van der Waals surface area contributed by atoms with E-state index in [9.17, 15) is 19.8 Å². The number of fused-ring (bicyclic) bond motifs is 1. The van der Waals surface area contributed by atoms with E-state index in [4.69, 9.17) is 4.42 Å². The summed E-state index contributed by atoms with van der Waals surface area (Å²) in [4.78, 5) is 23.9. The summed E-state index contributed by atoms with van der Waals surface area (Å²) in [5.74, 6) is -0.908.